The second-order valence-corrected chi connectivity index (χ2v) is 7.88. The first-order valence-corrected chi connectivity index (χ1v) is 10.4. The number of hydrogen-bond donors (Lipinski definition) is 1. The Labute approximate surface area is 181 Å². The first-order valence-electron chi connectivity index (χ1n) is 9.11. The highest BCUT2D eigenvalue weighted by Gasteiger charge is 2.20. The summed E-state index contributed by atoms with van der Waals surface area (Å²) < 4.78 is 14.6. The summed E-state index contributed by atoms with van der Waals surface area (Å²) in [5, 5.41) is 10.2. The van der Waals surface area contributed by atoms with Crippen LogP contribution in [0.2, 0.25) is 5.15 Å². The summed E-state index contributed by atoms with van der Waals surface area (Å²) in [7, 11) is 0. The minimum Gasteiger partial charge on any atom is -0.345 e. The molecule has 3 heterocycles. The fraction of sp³-hybridized carbons (Fsp3) is 0.143. The highest BCUT2D eigenvalue weighted by atomic mass is 35.5. The maximum Gasteiger partial charge on any atom is 0.256 e. The topological polar surface area (TPSA) is 72.7 Å². The molecule has 0 saturated heterocycles. The van der Waals surface area contributed by atoms with Gasteiger partial charge < -0.3 is 5.32 Å². The zero-order valence-corrected chi connectivity index (χ0v) is 17.5. The molecule has 30 heavy (non-hydrogen) atoms. The van der Waals surface area contributed by atoms with Crippen molar-refractivity contribution in [3.05, 3.63) is 87.0 Å². The van der Waals surface area contributed by atoms with Crippen LogP contribution >= 0.6 is 22.9 Å². The monoisotopic (exact) mass is 441 g/mol. The average molecular weight is 442 g/mol. The summed E-state index contributed by atoms with van der Waals surface area (Å²) in [6.45, 7) is 2.36. The van der Waals surface area contributed by atoms with Gasteiger partial charge in [0.15, 0.2) is 0 Å². The lowest BCUT2D eigenvalue weighted by molar-refractivity contribution is 0.0950. The van der Waals surface area contributed by atoms with E-state index in [1.165, 1.54) is 28.2 Å². The van der Waals surface area contributed by atoms with Crippen LogP contribution in [0.1, 0.15) is 26.6 Å². The van der Waals surface area contributed by atoms with E-state index in [4.69, 9.17) is 11.6 Å². The van der Waals surface area contributed by atoms with Gasteiger partial charge in [0.05, 0.1) is 30.0 Å². The quantitative estimate of drug-likeness (QED) is 0.478. The third kappa shape index (κ3) is 4.39. The van der Waals surface area contributed by atoms with Crippen molar-refractivity contribution in [2.45, 2.75) is 20.0 Å². The van der Waals surface area contributed by atoms with Crippen LogP contribution in [-0.4, -0.2) is 25.7 Å². The molecule has 152 valence electrons. The molecule has 6 nitrogen and oxygen atoms in total. The Bertz CT molecular complexity index is 1170. The van der Waals surface area contributed by atoms with Crippen LogP contribution in [-0.2, 0) is 13.1 Å². The number of carbonyl (C=O) groups excluding carboxylic acids is 1. The van der Waals surface area contributed by atoms with Gasteiger partial charge in [-0.2, -0.15) is 5.10 Å². The summed E-state index contributed by atoms with van der Waals surface area (Å²) >= 11 is 7.89. The zero-order chi connectivity index (χ0) is 21.1. The summed E-state index contributed by atoms with van der Waals surface area (Å²) in [6, 6.07) is 9.84. The molecule has 1 N–H and O–H groups in total. The molecular weight excluding hydrogens is 425 g/mol. The number of nitrogens with one attached hydrogen (secondary N) is 1. The molecule has 0 aliphatic heterocycles. The molecule has 1 aromatic carbocycles. The molecule has 0 radical (unpaired) electrons. The van der Waals surface area contributed by atoms with Crippen molar-refractivity contribution < 1.29 is 9.18 Å². The molecule has 0 aliphatic rings. The van der Waals surface area contributed by atoms with Crippen molar-refractivity contribution in [3.63, 3.8) is 0 Å². The SMILES string of the molecule is Cc1nn(Cc2ccc(F)cc2)c(Cl)c1C(=O)NCc1nc(-c2ccncc2)cs1. The van der Waals surface area contributed by atoms with E-state index in [2.05, 4.69) is 20.4 Å². The number of benzene rings is 1. The summed E-state index contributed by atoms with van der Waals surface area (Å²) in [5.74, 6) is -0.626. The highest BCUT2D eigenvalue weighted by molar-refractivity contribution is 7.09. The largest absolute Gasteiger partial charge is 0.345 e. The third-order valence-corrected chi connectivity index (χ3v) is 5.70. The van der Waals surface area contributed by atoms with Gasteiger partial charge in [0.25, 0.3) is 5.91 Å². The number of carbonyl (C=O) groups is 1. The van der Waals surface area contributed by atoms with E-state index in [0.29, 0.717) is 17.8 Å². The number of aryl methyl sites for hydroxylation is 1. The third-order valence-electron chi connectivity index (χ3n) is 4.47. The number of pyridine rings is 1. The van der Waals surface area contributed by atoms with Gasteiger partial charge in [0, 0.05) is 23.3 Å². The molecule has 0 unspecified atom stereocenters. The Kier molecular flexibility index (Phi) is 5.87. The molecule has 1 amide bonds. The first kappa shape index (κ1) is 20.2. The number of thiazole rings is 1. The van der Waals surface area contributed by atoms with E-state index in [9.17, 15) is 9.18 Å². The van der Waals surface area contributed by atoms with Crippen molar-refractivity contribution in [1.29, 1.82) is 0 Å². The Morgan fingerprint density at radius 2 is 1.93 bits per heavy atom. The molecule has 0 spiro atoms. The van der Waals surface area contributed by atoms with Gasteiger partial charge in [-0.25, -0.2) is 14.1 Å². The lowest BCUT2D eigenvalue weighted by Gasteiger charge is -2.05. The number of amides is 1. The van der Waals surface area contributed by atoms with Gasteiger partial charge in [0.1, 0.15) is 16.0 Å². The minimum absolute atomic E-state index is 0.242. The predicted octanol–water partition coefficient (Wildman–Crippen LogP) is 4.48. The zero-order valence-electron chi connectivity index (χ0n) is 16.0. The summed E-state index contributed by atoms with van der Waals surface area (Å²) in [4.78, 5) is 21.3. The molecule has 4 aromatic rings. The molecule has 0 aliphatic carbocycles. The van der Waals surface area contributed by atoms with E-state index in [0.717, 1.165) is 21.8 Å². The van der Waals surface area contributed by atoms with E-state index in [-0.39, 0.29) is 23.4 Å². The molecule has 0 saturated carbocycles. The fourth-order valence-electron chi connectivity index (χ4n) is 2.97. The van der Waals surface area contributed by atoms with Crippen molar-refractivity contribution in [1.82, 2.24) is 25.1 Å². The number of hydrogen-bond acceptors (Lipinski definition) is 5. The van der Waals surface area contributed by atoms with Crippen LogP contribution in [0.5, 0.6) is 0 Å². The van der Waals surface area contributed by atoms with E-state index < -0.39 is 0 Å². The predicted molar refractivity (Wildman–Crippen MR) is 114 cm³/mol. The average Bonchev–Trinajstić information content (AvgIpc) is 3.33. The standard InChI is InChI=1S/C21H17ClFN5OS/c1-13-19(20(22)28(27-13)11-14-2-4-16(23)5-3-14)21(29)25-10-18-26-17(12-30-18)15-6-8-24-9-7-15/h2-9,12H,10-11H2,1H3,(H,25,29). The summed E-state index contributed by atoms with van der Waals surface area (Å²) in [6.07, 6.45) is 3.43. The highest BCUT2D eigenvalue weighted by Crippen LogP contribution is 2.23. The number of halogens is 2. The molecule has 0 atom stereocenters. The van der Waals surface area contributed by atoms with E-state index in [1.807, 2.05) is 17.5 Å². The molecule has 9 heteroatoms. The second-order valence-electron chi connectivity index (χ2n) is 6.58. The van der Waals surface area contributed by atoms with Crippen LogP contribution in [0, 0.1) is 12.7 Å². The van der Waals surface area contributed by atoms with Crippen LogP contribution in [0.4, 0.5) is 4.39 Å². The lowest BCUT2D eigenvalue weighted by atomic mass is 10.2. The first-order chi connectivity index (χ1) is 14.5. The Balaban J connectivity index is 1.44. The molecule has 3 aromatic heterocycles. The second kappa shape index (κ2) is 8.73. The maximum atomic E-state index is 13.1. The van der Waals surface area contributed by atoms with Gasteiger partial charge in [-0.15, -0.1) is 11.3 Å². The Morgan fingerprint density at radius 1 is 1.20 bits per heavy atom. The number of aromatic nitrogens is 4. The van der Waals surface area contributed by atoms with Gasteiger partial charge >= 0.3 is 0 Å². The number of rotatable bonds is 6. The van der Waals surface area contributed by atoms with Crippen LogP contribution in [0.15, 0.2) is 54.2 Å². The van der Waals surface area contributed by atoms with Gasteiger partial charge in [-0.3, -0.25) is 9.78 Å². The Morgan fingerprint density at radius 3 is 2.67 bits per heavy atom. The van der Waals surface area contributed by atoms with Crippen LogP contribution in [0.25, 0.3) is 11.3 Å². The number of nitrogens with zero attached hydrogens (tertiary/aromatic N) is 4. The van der Waals surface area contributed by atoms with Gasteiger partial charge in [-0.1, -0.05) is 23.7 Å². The fourth-order valence-corrected chi connectivity index (χ4v) is 4.03. The van der Waals surface area contributed by atoms with Crippen molar-refractivity contribution in [3.8, 4) is 11.3 Å². The smallest absolute Gasteiger partial charge is 0.256 e. The van der Waals surface area contributed by atoms with Gasteiger partial charge in [-0.05, 0) is 36.8 Å². The van der Waals surface area contributed by atoms with Gasteiger partial charge in [0.2, 0.25) is 0 Å². The molecular formula is C21H17ClFN5OS. The van der Waals surface area contributed by atoms with Crippen LogP contribution in [0.3, 0.4) is 0 Å². The minimum atomic E-state index is -0.316. The molecule has 0 bridgehead atoms. The molecule has 0 fully saturated rings. The normalized spacial score (nSPS) is 10.9. The summed E-state index contributed by atoms with van der Waals surface area (Å²) in [5.41, 5.74) is 3.49. The lowest BCUT2D eigenvalue weighted by Crippen LogP contribution is -2.23. The van der Waals surface area contributed by atoms with E-state index >= 15 is 0 Å². The van der Waals surface area contributed by atoms with Crippen molar-refractivity contribution in [2.24, 2.45) is 0 Å². The van der Waals surface area contributed by atoms with E-state index in [1.54, 1.807) is 31.5 Å². The van der Waals surface area contributed by atoms with Crippen LogP contribution < -0.4 is 5.32 Å². The van der Waals surface area contributed by atoms with Crippen molar-refractivity contribution >= 4 is 28.8 Å². The van der Waals surface area contributed by atoms with Crippen molar-refractivity contribution in [2.75, 3.05) is 0 Å². The Hall–Kier alpha value is -3.10. The maximum absolute atomic E-state index is 13.1. The molecule has 4 rings (SSSR count).